The van der Waals surface area contributed by atoms with Crippen LogP contribution in [-0.2, 0) is 14.1 Å². The van der Waals surface area contributed by atoms with Crippen molar-refractivity contribution in [2.24, 2.45) is 0 Å². The van der Waals surface area contributed by atoms with Crippen molar-refractivity contribution in [3.8, 4) is 0 Å². The molecule has 0 unspecified atom stereocenters. The van der Waals surface area contributed by atoms with Gasteiger partial charge in [0.15, 0.2) is 5.78 Å². The summed E-state index contributed by atoms with van der Waals surface area (Å²) < 4.78 is 12.2. The third-order valence-corrected chi connectivity index (χ3v) is 4.74. The molecule has 1 aliphatic rings. The van der Waals surface area contributed by atoms with E-state index in [4.69, 9.17) is 9.31 Å². The van der Waals surface area contributed by atoms with Gasteiger partial charge in [-0.2, -0.15) is 0 Å². The molecule has 0 radical (unpaired) electrons. The third-order valence-electron chi connectivity index (χ3n) is 4.74. The molecule has 1 aromatic rings. The monoisotopic (exact) mass is 343 g/mol. The summed E-state index contributed by atoms with van der Waals surface area (Å²) in [6.07, 6.45) is 1.91. The van der Waals surface area contributed by atoms with E-state index >= 15 is 0 Å². The molecule has 1 saturated heterocycles. The van der Waals surface area contributed by atoms with E-state index in [1.165, 1.54) is 13.8 Å². The number of hydrogen-bond donors (Lipinski definition) is 1. The lowest BCUT2D eigenvalue weighted by molar-refractivity contribution is -0.118. The Morgan fingerprint density at radius 2 is 1.72 bits per heavy atom. The number of ketones is 1. The highest BCUT2D eigenvalue weighted by molar-refractivity contribution is 6.56. The summed E-state index contributed by atoms with van der Waals surface area (Å²) in [5.41, 5.74) is 1.38. The zero-order valence-electron chi connectivity index (χ0n) is 15.8. The molecule has 0 bridgehead atoms. The first-order valence-electron chi connectivity index (χ1n) is 8.43. The van der Waals surface area contributed by atoms with E-state index in [-0.39, 0.29) is 11.7 Å². The normalized spacial score (nSPS) is 19.0. The second kappa shape index (κ2) is 7.14. The van der Waals surface area contributed by atoms with Crippen LogP contribution >= 0.6 is 0 Å². The maximum atomic E-state index is 11.6. The molecule has 0 atom stereocenters. The first kappa shape index (κ1) is 19.4. The van der Waals surface area contributed by atoms with Gasteiger partial charge in [0, 0.05) is 19.0 Å². The quantitative estimate of drug-likeness (QED) is 0.659. The van der Waals surface area contributed by atoms with Crippen molar-refractivity contribution >= 4 is 24.9 Å². The molecule has 0 saturated carbocycles. The first-order chi connectivity index (χ1) is 11.5. The lowest BCUT2D eigenvalue weighted by atomic mass is 9.77. The number of hydrogen-bond acceptors (Lipinski definition) is 4. The smallest absolute Gasteiger partial charge is 0.400 e. The molecular formula is C19H26BNO4. The van der Waals surface area contributed by atoms with Crippen molar-refractivity contribution < 1.29 is 18.9 Å². The van der Waals surface area contributed by atoms with E-state index < -0.39 is 18.3 Å². The summed E-state index contributed by atoms with van der Waals surface area (Å²) in [5.74, 6) is -0.116. The highest BCUT2D eigenvalue weighted by atomic mass is 16.7. The van der Waals surface area contributed by atoms with Crippen molar-refractivity contribution in [3.63, 3.8) is 0 Å². The number of benzene rings is 1. The SMILES string of the molecule is CC(=O)NCC(=Cc1cccc(C(C)=O)c1)B1OC(C)(C)C(C)(C)O1. The second-order valence-electron chi connectivity index (χ2n) is 7.40. The van der Waals surface area contributed by atoms with Gasteiger partial charge in [-0.3, -0.25) is 9.59 Å². The molecule has 25 heavy (non-hydrogen) atoms. The minimum Gasteiger partial charge on any atom is -0.400 e. The molecule has 1 aromatic carbocycles. The fourth-order valence-corrected chi connectivity index (χ4v) is 2.48. The van der Waals surface area contributed by atoms with Crippen LogP contribution in [0.15, 0.2) is 29.7 Å². The highest BCUT2D eigenvalue weighted by Crippen LogP contribution is 2.38. The predicted octanol–water partition coefficient (Wildman–Crippen LogP) is 3.04. The van der Waals surface area contributed by atoms with Gasteiger partial charge in [0.05, 0.1) is 11.2 Å². The average molecular weight is 343 g/mol. The van der Waals surface area contributed by atoms with Crippen LogP contribution in [0.2, 0.25) is 0 Å². The molecular weight excluding hydrogens is 317 g/mol. The van der Waals surface area contributed by atoms with Crippen molar-refractivity contribution in [2.75, 3.05) is 6.54 Å². The number of carbonyl (C=O) groups excluding carboxylic acids is 2. The van der Waals surface area contributed by atoms with Crippen molar-refractivity contribution in [1.29, 1.82) is 0 Å². The molecule has 134 valence electrons. The van der Waals surface area contributed by atoms with Gasteiger partial charge < -0.3 is 14.6 Å². The number of carbonyl (C=O) groups is 2. The lowest BCUT2D eigenvalue weighted by Gasteiger charge is -2.32. The van der Waals surface area contributed by atoms with Crippen molar-refractivity contribution in [1.82, 2.24) is 5.32 Å². The van der Waals surface area contributed by atoms with Crippen LogP contribution in [0.4, 0.5) is 0 Å². The van der Waals surface area contributed by atoms with E-state index in [2.05, 4.69) is 5.32 Å². The molecule has 1 amide bonds. The Labute approximate surface area is 149 Å². The summed E-state index contributed by atoms with van der Waals surface area (Å²) in [6, 6.07) is 7.34. The third kappa shape index (κ3) is 4.58. The average Bonchev–Trinajstić information content (AvgIpc) is 2.71. The molecule has 0 aromatic heterocycles. The summed E-state index contributed by atoms with van der Waals surface area (Å²) in [7, 11) is -0.558. The Hall–Kier alpha value is -1.92. The zero-order valence-corrected chi connectivity index (χ0v) is 15.8. The van der Waals surface area contributed by atoms with Gasteiger partial charge in [0.1, 0.15) is 0 Å². The molecule has 2 rings (SSSR count). The Bertz CT molecular complexity index is 693. The molecule has 0 aliphatic carbocycles. The maximum absolute atomic E-state index is 11.6. The topological polar surface area (TPSA) is 64.6 Å². The second-order valence-corrected chi connectivity index (χ2v) is 7.40. The number of rotatable bonds is 5. The number of Topliss-reactive ketones (excluding diaryl/α,β-unsaturated/α-hetero) is 1. The van der Waals surface area contributed by atoms with Crippen LogP contribution in [0.1, 0.15) is 57.5 Å². The van der Waals surface area contributed by atoms with Crippen LogP contribution < -0.4 is 5.32 Å². The highest BCUT2D eigenvalue weighted by Gasteiger charge is 2.52. The predicted molar refractivity (Wildman–Crippen MR) is 99.2 cm³/mol. The molecule has 0 spiro atoms. The molecule has 5 nitrogen and oxygen atoms in total. The number of amides is 1. The molecule has 1 heterocycles. The van der Waals surface area contributed by atoms with Gasteiger partial charge in [0.2, 0.25) is 5.91 Å². The Kier molecular flexibility index (Phi) is 5.54. The zero-order chi connectivity index (χ0) is 18.8. The van der Waals surface area contributed by atoms with Gasteiger partial charge >= 0.3 is 7.12 Å². The standard InChI is InChI=1S/C19H26BNO4/c1-13(22)16-9-7-8-15(10-16)11-17(12-21-14(2)23)20-24-18(3,4)19(5,6)25-20/h7-11H,12H2,1-6H3,(H,21,23). The molecule has 1 fully saturated rings. The summed E-state index contributed by atoms with van der Waals surface area (Å²) >= 11 is 0. The van der Waals surface area contributed by atoms with E-state index in [1.807, 2.05) is 52.0 Å². The van der Waals surface area contributed by atoms with E-state index in [1.54, 1.807) is 6.07 Å². The summed E-state index contributed by atoms with van der Waals surface area (Å²) in [5, 5.41) is 2.80. The van der Waals surface area contributed by atoms with Crippen LogP contribution in [-0.4, -0.2) is 36.6 Å². The fraction of sp³-hybridized carbons (Fsp3) is 0.474. The van der Waals surface area contributed by atoms with E-state index in [9.17, 15) is 9.59 Å². The van der Waals surface area contributed by atoms with E-state index in [0.29, 0.717) is 12.1 Å². The minimum atomic E-state index is -0.558. The Balaban J connectivity index is 2.35. The van der Waals surface area contributed by atoms with Crippen molar-refractivity contribution in [2.45, 2.75) is 52.7 Å². The Morgan fingerprint density at radius 1 is 1.12 bits per heavy atom. The van der Waals surface area contributed by atoms with Crippen LogP contribution in [0.5, 0.6) is 0 Å². The largest absolute Gasteiger partial charge is 0.492 e. The van der Waals surface area contributed by atoms with Crippen molar-refractivity contribution in [3.05, 3.63) is 40.9 Å². The minimum absolute atomic E-state index is 0.00861. The van der Waals surface area contributed by atoms with Gasteiger partial charge in [0.25, 0.3) is 0 Å². The molecule has 6 heteroatoms. The van der Waals surface area contributed by atoms with Crippen LogP contribution in [0, 0.1) is 0 Å². The van der Waals surface area contributed by atoms with Gasteiger partial charge in [-0.25, -0.2) is 0 Å². The lowest BCUT2D eigenvalue weighted by Crippen LogP contribution is -2.41. The van der Waals surface area contributed by atoms with Crippen LogP contribution in [0.25, 0.3) is 6.08 Å². The van der Waals surface area contributed by atoms with Gasteiger partial charge in [-0.1, -0.05) is 24.3 Å². The van der Waals surface area contributed by atoms with Gasteiger partial charge in [-0.15, -0.1) is 0 Å². The van der Waals surface area contributed by atoms with Crippen LogP contribution in [0.3, 0.4) is 0 Å². The van der Waals surface area contributed by atoms with E-state index in [0.717, 1.165) is 11.0 Å². The first-order valence-corrected chi connectivity index (χ1v) is 8.43. The van der Waals surface area contributed by atoms with Gasteiger partial charge in [-0.05, 0) is 51.7 Å². The molecule has 1 N–H and O–H groups in total. The Morgan fingerprint density at radius 3 is 2.24 bits per heavy atom. The maximum Gasteiger partial charge on any atom is 0.492 e. The number of nitrogens with one attached hydrogen (secondary N) is 1. The summed E-state index contributed by atoms with van der Waals surface area (Å²) in [6.45, 7) is 11.3. The summed E-state index contributed by atoms with van der Waals surface area (Å²) in [4.78, 5) is 22.9. The fourth-order valence-electron chi connectivity index (χ4n) is 2.48. The molecule has 1 aliphatic heterocycles.